The zero-order valence-electron chi connectivity index (χ0n) is 11.9. The van der Waals surface area contributed by atoms with E-state index in [-0.39, 0.29) is 12.3 Å². The third-order valence-electron chi connectivity index (χ3n) is 3.97. The first-order valence-corrected chi connectivity index (χ1v) is 6.78. The summed E-state index contributed by atoms with van der Waals surface area (Å²) < 4.78 is 0. The molecule has 100 valence electrons. The highest BCUT2D eigenvalue weighted by Gasteiger charge is 2.23. The fraction of sp³-hybridized carbons (Fsp3) is 0.562. The quantitative estimate of drug-likeness (QED) is 0.815. The van der Waals surface area contributed by atoms with Gasteiger partial charge in [-0.1, -0.05) is 44.9 Å². The highest BCUT2D eigenvalue weighted by atomic mass is 16.4. The van der Waals surface area contributed by atoms with Gasteiger partial charge in [-0.05, 0) is 42.4 Å². The Morgan fingerprint density at radius 1 is 1.17 bits per heavy atom. The van der Waals surface area contributed by atoms with Gasteiger partial charge in [-0.25, -0.2) is 0 Å². The number of carboxylic acids is 1. The van der Waals surface area contributed by atoms with E-state index in [0.717, 1.165) is 12.8 Å². The molecule has 0 fully saturated rings. The van der Waals surface area contributed by atoms with Crippen LogP contribution in [0.4, 0.5) is 0 Å². The SMILES string of the molecule is CCC(CC)C(CC(=O)O)c1ccc(C)c(C)c1. The zero-order valence-corrected chi connectivity index (χ0v) is 11.9. The smallest absolute Gasteiger partial charge is 0.303 e. The molecule has 1 unspecified atom stereocenters. The Balaban J connectivity index is 3.07. The molecule has 0 bridgehead atoms. The van der Waals surface area contributed by atoms with Crippen LogP contribution >= 0.6 is 0 Å². The summed E-state index contributed by atoms with van der Waals surface area (Å²) in [5.41, 5.74) is 3.68. The van der Waals surface area contributed by atoms with Crippen molar-refractivity contribution in [2.45, 2.75) is 52.9 Å². The van der Waals surface area contributed by atoms with Gasteiger partial charge in [0.25, 0.3) is 0 Å². The number of aryl methyl sites for hydroxylation is 2. The summed E-state index contributed by atoms with van der Waals surface area (Å²) in [5.74, 6) is -0.120. The molecule has 1 aromatic carbocycles. The molecule has 2 nitrogen and oxygen atoms in total. The number of carbonyl (C=O) groups is 1. The maximum atomic E-state index is 11.1. The first kappa shape index (κ1) is 14.7. The van der Waals surface area contributed by atoms with Gasteiger partial charge in [0.2, 0.25) is 0 Å². The van der Waals surface area contributed by atoms with Gasteiger partial charge in [0.15, 0.2) is 0 Å². The fourth-order valence-corrected chi connectivity index (χ4v) is 2.60. The van der Waals surface area contributed by atoms with Crippen LogP contribution in [-0.4, -0.2) is 11.1 Å². The van der Waals surface area contributed by atoms with Gasteiger partial charge in [0.1, 0.15) is 0 Å². The Morgan fingerprint density at radius 2 is 1.78 bits per heavy atom. The molecule has 0 saturated carbocycles. The largest absolute Gasteiger partial charge is 0.481 e. The molecule has 0 heterocycles. The molecular formula is C16H24O2. The summed E-state index contributed by atoms with van der Waals surface area (Å²) in [6.07, 6.45) is 2.29. The van der Waals surface area contributed by atoms with Crippen molar-refractivity contribution in [3.63, 3.8) is 0 Å². The molecule has 1 atom stereocenters. The van der Waals surface area contributed by atoms with Crippen molar-refractivity contribution in [2.75, 3.05) is 0 Å². The second-order valence-electron chi connectivity index (χ2n) is 5.12. The maximum Gasteiger partial charge on any atom is 0.303 e. The predicted molar refractivity (Wildman–Crippen MR) is 75.0 cm³/mol. The number of rotatable bonds is 6. The van der Waals surface area contributed by atoms with E-state index in [4.69, 9.17) is 5.11 Å². The van der Waals surface area contributed by atoms with Crippen molar-refractivity contribution < 1.29 is 9.90 Å². The molecule has 0 aliphatic heterocycles. The van der Waals surface area contributed by atoms with E-state index in [1.54, 1.807) is 0 Å². The lowest BCUT2D eigenvalue weighted by atomic mass is 9.80. The number of aliphatic carboxylic acids is 1. The van der Waals surface area contributed by atoms with Crippen LogP contribution in [0, 0.1) is 19.8 Å². The van der Waals surface area contributed by atoms with E-state index >= 15 is 0 Å². The average molecular weight is 248 g/mol. The molecule has 1 N–H and O–H groups in total. The van der Waals surface area contributed by atoms with E-state index in [1.165, 1.54) is 16.7 Å². The zero-order chi connectivity index (χ0) is 13.7. The number of hydrogen-bond donors (Lipinski definition) is 1. The van der Waals surface area contributed by atoms with Gasteiger partial charge < -0.3 is 5.11 Å². The van der Waals surface area contributed by atoms with E-state index < -0.39 is 5.97 Å². The monoisotopic (exact) mass is 248 g/mol. The molecule has 18 heavy (non-hydrogen) atoms. The molecule has 1 aromatic rings. The molecule has 2 heteroatoms. The number of benzene rings is 1. The molecule has 0 spiro atoms. The first-order valence-electron chi connectivity index (χ1n) is 6.78. The third kappa shape index (κ3) is 3.59. The van der Waals surface area contributed by atoms with E-state index in [9.17, 15) is 4.79 Å². The highest BCUT2D eigenvalue weighted by molar-refractivity contribution is 5.68. The summed E-state index contributed by atoms with van der Waals surface area (Å²) in [6.45, 7) is 8.46. The Morgan fingerprint density at radius 3 is 2.22 bits per heavy atom. The maximum absolute atomic E-state index is 11.1. The Bertz CT molecular complexity index is 406. The van der Waals surface area contributed by atoms with Crippen LogP contribution in [0.3, 0.4) is 0 Å². The lowest BCUT2D eigenvalue weighted by Crippen LogP contribution is -2.16. The standard InChI is InChI=1S/C16H24O2/c1-5-13(6-2)15(10-16(17)18)14-8-7-11(3)12(4)9-14/h7-9,13,15H,5-6,10H2,1-4H3,(H,17,18). The third-order valence-corrected chi connectivity index (χ3v) is 3.97. The second kappa shape index (κ2) is 6.58. The summed E-state index contributed by atoms with van der Waals surface area (Å²) in [5, 5.41) is 9.11. The van der Waals surface area contributed by atoms with Crippen LogP contribution in [0.15, 0.2) is 18.2 Å². The molecule has 0 aliphatic rings. The second-order valence-corrected chi connectivity index (χ2v) is 5.12. The van der Waals surface area contributed by atoms with Crippen LogP contribution in [0.1, 0.15) is 55.7 Å². The minimum atomic E-state index is -0.704. The van der Waals surface area contributed by atoms with Gasteiger partial charge in [-0.3, -0.25) is 4.79 Å². The van der Waals surface area contributed by atoms with Crippen LogP contribution < -0.4 is 0 Å². The first-order chi connectivity index (χ1) is 8.49. The summed E-state index contributed by atoms with van der Waals surface area (Å²) in [6, 6.07) is 6.34. The molecule has 0 amide bonds. The lowest BCUT2D eigenvalue weighted by molar-refractivity contribution is -0.137. The van der Waals surface area contributed by atoms with E-state index in [0.29, 0.717) is 5.92 Å². The minimum Gasteiger partial charge on any atom is -0.481 e. The van der Waals surface area contributed by atoms with Crippen LogP contribution in [-0.2, 0) is 4.79 Å². The topological polar surface area (TPSA) is 37.3 Å². The number of carboxylic acid groups (broad SMARTS) is 1. The fourth-order valence-electron chi connectivity index (χ4n) is 2.60. The van der Waals surface area contributed by atoms with Crippen molar-refractivity contribution in [3.05, 3.63) is 34.9 Å². The van der Waals surface area contributed by atoms with Gasteiger partial charge in [-0.15, -0.1) is 0 Å². The average Bonchev–Trinajstić information content (AvgIpc) is 2.32. The highest BCUT2D eigenvalue weighted by Crippen LogP contribution is 2.33. The summed E-state index contributed by atoms with van der Waals surface area (Å²) in [4.78, 5) is 11.1. The van der Waals surface area contributed by atoms with Gasteiger partial charge in [0.05, 0.1) is 6.42 Å². The molecule has 0 aromatic heterocycles. The number of hydrogen-bond acceptors (Lipinski definition) is 1. The molecule has 0 aliphatic carbocycles. The normalized spacial score (nSPS) is 12.7. The van der Waals surface area contributed by atoms with Crippen molar-refractivity contribution in [1.29, 1.82) is 0 Å². The molecular weight excluding hydrogens is 224 g/mol. The predicted octanol–water partition coefficient (Wildman–Crippen LogP) is 4.30. The van der Waals surface area contributed by atoms with E-state index in [2.05, 4.69) is 45.9 Å². The molecule has 0 saturated heterocycles. The van der Waals surface area contributed by atoms with E-state index in [1.807, 2.05) is 0 Å². The Kier molecular flexibility index (Phi) is 5.39. The minimum absolute atomic E-state index is 0.136. The van der Waals surface area contributed by atoms with Gasteiger partial charge in [-0.2, -0.15) is 0 Å². The van der Waals surface area contributed by atoms with Crippen LogP contribution in [0.2, 0.25) is 0 Å². The van der Waals surface area contributed by atoms with Crippen molar-refractivity contribution in [1.82, 2.24) is 0 Å². The van der Waals surface area contributed by atoms with Crippen molar-refractivity contribution in [2.24, 2.45) is 5.92 Å². The van der Waals surface area contributed by atoms with Crippen molar-refractivity contribution in [3.8, 4) is 0 Å². The summed E-state index contributed by atoms with van der Waals surface area (Å²) in [7, 11) is 0. The van der Waals surface area contributed by atoms with Crippen LogP contribution in [0.25, 0.3) is 0 Å². The Labute approximate surface area is 110 Å². The lowest BCUT2D eigenvalue weighted by Gasteiger charge is -2.25. The van der Waals surface area contributed by atoms with Crippen LogP contribution in [0.5, 0.6) is 0 Å². The van der Waals surface area contributed by atoms with Gasteiger partial charge >= 0.3 is 5.97 Å². The Hall–Kier alpha value is -1.31. The van der Waals surface area contributed by atoms with Crippen molar-refractivity contribution >= 4 is 5.97 Å². The molecule has 0 radical (unpaired) electrons. The molecule has 1 rings (SSSR count). The summed E-state index contributed by atoms with van der Waals surface area (Å²) >= 11 is 0. The van der Waals surface area contributed by atoms with Gasteiger partial charge in [0, 0.05) is 0 Å².